The highest BCUT2D eigenvalue weighted by molar-refractivity contribution is 5.24. The molecular weight excluding hydrogens is 210 g/mol. The first-order chi connectivity index (χ1) is 8.22. The second-order valence-corrected chi connectivity index (χ2v) is 4.35. The summed E-state index contributed by atoms with van der Waals surface area (Å²) in [4.78, 5) is 0. The molecule has 0 fully saturated rings. The first-order valence-electron chi connectivity index (χ1n) is 6.05. The van der Waals surface area contributed by atoms with Crippen LogP contribution in [0.5, 0.6) is 0 Å². The molecule has 3 heteroatoms. The van der Waals surface area contributed by atoms with E-state index in [-0.39, 0.29) is 6.04 Å². The van der Waals surface area contributed by atoms with Gasteiger partial charge in [-0.2, -0.15) is 5.10 Å². The van der Waals surface area contributed by atoms with Gasteiger partial charge in [0.25, 0.3) is 0 Å². The highest BCUT2D eigenvalue weighted by Gasteiger charge is 2.17. The molecule has 2 unspecified atom stereocenters. The molecule has 2 N–H and O–H groups in total. The molecule has 2 atom stereocenters. The van der Waals surface area contributed by atoms with Crippen LogP contribution in [0.3, 0.4) is 0 Å². The van der Waals surface area contributed by atoms with Crippen molar-refractivity contribution >= 4 is 0 Å². The predicted molar refractivity (Wildman–Crippen MR) is 69.7 cm³/mol. The maximum atomic E-state index is 6.29. The van der Waals surface area contributed by atoms with E-state index < -0.39 is 0 Å². The third kappa shape index (κ3) is 2.56. The van der Waals surface area contributed by atoms with E-state index in [0.717, 1.165) is 12.1 Å². The summed E-state index contributed by atoms with van der Waals surface area (Å²) in [6, 6.07) is 10.4. The molecule has 0 radical (unpaired) electrons. The van der Waals surface area contributed by atoms with Crippen LogP contribution in [0, 0.1) is 0 Å². The van der Waals surface area contributed by atoms with Crippen molar-refractivity contribution in [3.63, 3.8) is 0 Å². The Hall–Kier alpha value is -1.61. The molecule has 2 rings (SSSR count). The summed E-state index contributed by atoms with van der Waals surface area (Å²) >= 11 is 0. The van der Waals surface area contributed by atoms with Gasteiger partial charge in [0.1, 0.15) is 0 Å². The van der Waals surface area contributed by atoms with Crippen LogP contribution in [0.2, 0.25) is 0 Å². The van der Waals surface area contributed by atoms with Crippen molar-refractivity contribution in [3.8, 4) is 0 Å². The molecule has 3 nitrogen and oxygen atoms in total. The Kier molecular flexibility index (Phi) is 3.59. The van der Waals surface area contributed by atoms with Crippen molar-refractivity contribution in [2.75, 3.05) is 0 Å². The zero-order valence-electron chi connectivity index (χ0n) is 10.4. The number of aryl methyl sites for hydroxylation is 1. The summed E-state index contributed by atoms with van der Waals surface area (Å²) in [7, 11) is 0. The van der Waals surface area contributed by atoms with Gasteiger partial charge in [0.15, 0.2) is 0 Å². The van der Waals surface area contributed by atoms with Gasteiger partial charge in [0, 0.05) is 30.3 Å². The van der Waals surface area contributed by atoms with Gasteiger partial charge in [-0.1, -0.05) is 37.3 Å². The minimum absolute atomic E-state index is 0.00213. The maximum Gasteiger partial charge on any atom is 0.0537 e. The lowest BCUT2D eigenvalue weighted by Crippen LogP contribution is -2.17. The van der Waals surface area contributed by atoms with Gasteiger partial charge >= 0.3 is 0 Å². The second-order valence-electron chi connectivity index (χ2n) is 4.35. The SMILES string of the molecule is CCn1cc(C(N)C(C)c2ccccc2)cn1. The van der Waals surface area contributed by atoms with E-state index in [1.807, 2.05) is 35.3 Å². The van der Waals surface area contributed by atoms with Gasteiger partial charge in [-0.25, -0.2) is 0 Å². The highest BCUT2D eigenvalue weighted by atomic mass is 15.3. The minimum Gasteiger partial charge on any atom is -0.323 e. The van der Waals surface area contributed by atoms with E-state index in [0.29, 0.717) is 5.92 Å². The number of hydrogen-bond acceptors (Lipinski definition) is 2. The summed E-state index contributed by atoms with van der Waals surface area (Å²) < 4.78 is 1.91. The number of nitrogens with zero attached hydrogens (tertiary/aromatic N) is 2. The minimum atomic E-state index is -0.00213. The quantitative estimate of drug-likeness (QED) is 0.876. The Morgan fingerprint density at radius 1 is 1.24 bits per heavy atom. The zero-order valence-corrected chi connectivity index (χ0v) is 10.4. The Morgan fingerprint density at radius 3 is 2.53 bits per heavy atom. The predicted octanol–water partition coefficient (Wildman–Crippen LogP) is 2.71. The molecule has 17 heavy (non-hydrogen) atoms. The Bertz CT molecular complexity index is 461. The fourth-order valence-electron chi connectivity index (χ4n) is 1.98. The van der Waals surface area contributed by atoms with Gasteiger partial charge in [0.2, 0.25) is 0 Å². The van der Waals surface area contributed by atoms with Gasteiger partial charge < -0.3 is 5.73 Å². The zero-order chi connectivity index (χ0) is 12.3. The van der Waals surface area contributed by atoms with Crippen LogP contribution in [0.4, 0.5) is 0 Å². The average Bonchev–Trinajstić information content (AvgIpc) is 2.87. The van der Waals surface area contributed by atoms with E-state index in [2.05, 4.69) is 31.1 Å². The number of hydrogen-bond donors (Lipinski definition) is 1. The van der Waals surface area contributed by atoms with E-state index in [1.165, 1.54) is 5.56 Å². The van der Waals surface area contributed by atoms with Crippen LogP contribution in [0.15, 0.2) is 42.7 Å². The van der Waals surface area contributed by atoms with Gasteiger partial charge in [-0.15, -0.1) is 0 Å². The Balaban J connectivity index is 2.17. The Labute approximate surface area is 102 Å². The summed E-state index contributed by atoms with van der Waals surface area (Å²) in [5, 5.41) is 4.27. The molecule has 1 heterocycles. The van der Waals surface area contributed by atoms with Gasteiger partial charge in [-0.05, 0) is 12.5 Å². The molecule has 0 bridgehead atoms. The molecule has 0 saturated carbocycles. The fraction of sp³-hybridized carbons (Fsp3) is 0.357. The first kappa shape index (κ1) is 11.9. The lowest BCUT2D eigenvalue weighted by molar-refractivity contribution is 0.595. The third-order valence-electron chi connectivity index (χ3n) is 3.23. The third-order valence-corrected chi connectivity index (χ3v) is 3.23. The molecule has 0 aliphatic rings. The normalized spacial score (nSPS) is 14.5. The van der Waals surface area contributed by atoms with Crippen molar-refractivity contribution in [3.05, 3.63) is 53.9 Å². The number of aromatic nitrogens is 2. The summed E-state index contributed by atoms with van der Waals surface area (Å²) in [6.45, 7) is 5.11. The van der Waals surface area contributed by atoms with Crippen LogP contribution in [-0.2, 0) is 6.54 Å². The topological polar surface area (TPSA) is 43.8 Å². The van der Waals surface area contributed by atoms with E-state index in [4.69, 9.17) is 5.73 Å². The van der Waals surface area contributed by atoms with Crippen molar-refractivity contribution in [2.24, 2.45) is 5.73 Å². The number of benzene rings is 1. The molecule has 90 valence electrons. The first-order valence-corrected chi connectivity index (χ1v) is 6.05. The number of rotatable bonds is 4. The molecule has 0 spiro atoms. The van der Waals surface area contributed by atoms with Gasteiger partial charge in [0.05, 0.1) is 6.20 Å². The lowest BCUT2D eigenvalue weighted by Gasteiger charge is -2.18. The van der Waals surface area contributed by atoms with Crippen molar-refractivity contribution in [2.45, 2.75) is 32.4 Å². The smallest absolute Gasteiger partial charge is 0.0537 e. The second kappa shape index (κ2) is 5.15. The average molecular weight is 229 g/mol. The van der Waals surface area contributed by atoms with E-state index in [1.54, 1.807) is 0 Å². The van der Waals surface area contributed by atoms with Crippen LogP contribution in [-0.4, -0.2) is 9.78 Å². The van der Waals surface area contributed by atoms with Crippen molar-refractivity contribution < 1.29 is 0 Å². The summed E-state index contributed by atoms with van der Waals surface area (Å²) in [6.07, 6.45) is 3.90. The molecule has 0 aliphatic heterocycles. The lowest BCUT2D eigenvalue weighted by atomic mass is 9.91. The van der Waals surface area contributed by atoms with Crippen LogP contribution >= 0.6 is 0 Å². The summed E-state index contributed by atoms with van der Waals surface area (Å²) in [5.41, 5.74) is 8.65. The standard InChI is InChI=1S/C14H19N3/c1-3-17-10-13(9-16-17)14(15)11(2)12-7-5-4-6-8-12/h4-11,14H,3,15H2,1-2H3. The molecule has 1 aromatic heterocycles. The van der Waals surface area contributed by atoms with Crippen molar-refractivity contribution in [1.29, 1.82) is 0 Å². The van der Waals surface area contributed by atoms with Crippen LogP contribution in [0.1, 0.15) is 36.9 Å². The maximum absolute atomic E-state index is 6.29. The van der Waals surface area contributed by atoms with E-state index in [9.17, 15) is 0 Å². The fourth-order valence-corrected chi connectivity index (χ4v) is 1.98. The molecule has 0 amide bonds. The molecule has 0 aliphatic carbocycles. The Morgan fingerprint density at radius 2 is 1.94 bits per heavy atom. The van der Waals surface area contributed by atoms with E-state index >= 15 is 0 Å². The molecule has 2 aromatic rings. The number of nitrogens with two attached hydrogens (primary N) is 1. The van der Waals surface area contributed by atoms with Crippen LogP contribution in [0.25, 0.3) is 0 Å². The monoisotopic (exact) mass is 229 g/mol. The molecular formula is C14H19N3. The van der Waals surface area contributed by atoms with Crippen molar-refractivity contribution in [1.82, 2.24) is 9.78 Å². The largest absolute Gasteiger partial charge is 0.323 e. The van der Waals surface area contributed by atoms with Crippen LogP contribution < -0.4 is 5.73 Å². The highest BCUT2D eigenvalue weighted by Crippen LogP contribution is 2.27. The summed E-state index contributed by atoms with van der Waals surface area (Å²) in [5.74, 6) is 0.297. The molecule has 1 aromatic carbocycles. The molecule has 0 saturated heterocycles. The van der Waals surface area contributed by atoms with Gasteiger partial charge in [-0.3, -0.25) is 4.68 Å².